The topological polar surface area (TPSA) is 17.1 Å². The summed E-state index contributed by atoms with van der Waals surface area (Å²) in [5, 5.41) is 2.20. The first-order valence-electron chi connectivity index (χ1n) is 5.06. The van der Waals surface area contributed by atoms with E-state index in [9.17, 15) is 4.79 Å². The molecule has 0 aliphatic carbocycles. The highest BCUT2D eigenvalue weighted by Crippen LogP contribution is 2.34. The van der Waals surface area contributed by atoms with Gasteiger partial charge in [0.1, 0.15) is 0 Å². The summed E-state index contributed by atoms with van der Waals surface area (Å²) >= 11 is 4.79. The van der Waals surface area contributed by atoms with E-state index >= 15 is 0 Å². The highest BCUT2D eigenvalue weighted by Gasteiger charge is 2.10. The van der Waals surface area contributed by atoms with Crippen molar-refractivity contribution in [1.29, 1.82) is 0 Å². The van der Waals surface area contributed by atoms with Gasteiger partial charge < -0.3 is 0 Å². The Hall–Kier alpha value is -1.10. The van der Waals surface area contributed by atoms with Gasteiger partial charge in [0.2, 0.25) is 5.12 Å². The second-order valence-corrected chi connectivity index (χ2v) is 6.62. The highest BCUT2D eigenvalue weighted by molar-refractivity contribution is 8.18. The molecule has 0 aromatic carbocycles. The summed E-state index contributed by atoms with van der Waals surface area (Å²) in [7, 11) is 0. The van der Waals surface area contributed by atoms with Crippen molar-refractivity contribution >= 4 is 45.6 Å². The van der Waals surface area contributed by atoms with Crippen LogP contribution in [0.15, 0.2) is 46.7 Å². The predicted octanol–water partition coefficient (Wildman–Crippen LogP) is 4.65. The van der Waals surface area contributed by atoms with E-state index in [1.54, 1.807) is 28.7 Å². The Kier molecular flexibility index (Phi) is 3.01. The molecule has 0 saturated carbocycles. The molecule has 0 spiro atoms. The van der Waals surface area contributed by atoms with Crippen molar-refractivity contribution in [2.75, 3.05) is 0 Å². The molecule has 3 heterocycles. The van der Waals surface area contributed by atoms with Gasteiger partial charge in [-0.3, -0.25) is 4.79 Å². The number of carbonyl (C=O) groups is 1. The van der Waals surface area contributed by atoms with Gasteiger partial charge in [-0.15, -0.1) is 22.7 Å². The first-order chi connectivity index (χ1) is 8.31. The largest absolute Gasteiger partial charge is 0.282 e. The molecule has 0 bridgehead atoms. The van der Waals surface area contributed by atoms with Crippen LogP contribution in [0.2, 0.25) is 0 Å². The number of rotatable bonds is 2. The van der Waals surface area contributed by atoms with E-state index in [0.29, 0.717) is 0 Å². The lowest BCUT2D eigenvalue weighted by Crippen LogP contribution is -1.73. The third kappa shape index (κ3) is 2.44. The molecule has 0 radical (unpaired) electrons. The van der Waals surface area contributed by atoms with Crippen LogP contribution in [0.1, 0.15) is 4.88 Å². The lowest BCUT2D eigenvalue weighted by molar-refractivity contribution is -0.106. The number of hydrogen-bond acceptors (Lipinski definition) is 4. The minimum Gasteiger partial charge on any atom is -0.282 e. The van der Waals surface area contributed by atoms with Gasteiger partial charge in [0.25, 0.3) is 0 Å². The van der Waals surface area contributed by atoms with Gasteiger partial charge in [-0.1, -0.05) is 6.07 Å². The first-order valence-corrected chi connectivity index (χ1v) is 7.58. The van der Waals surface area contributed by atoms with Gasteiger partial charge in [-0.2, -0.15) is 0 Å². The highest BCUT2D eigenvalue weighted by atomic mass is 32.2. The molecule has 0 amide bonds. The van der Waals surface area contributed by atoms with E-state index < -0.39 is 0 Å². The normalized spacial score (nSPS) is 17.2. The summed E-state index contributed by atoms with van der Waals surface area (Å²) in [4.78, 5) is 15.9. The van der Waals surface area contributed by atoms with Crippen molar-refractivity contribution < 1.29 is 4.79 Å². The van der Waals surface area contributed by atoms with E-state index in [-0.39, 0.29) is 5.12 Å². The molecule has 1 aliphatic rings. The fraction of sp³-hybridized carbons (Fsp3) is 0. The Balaban J connectivity index is 1.87. The van der Waals surface area contributed by atoms with Crippen LogP contribution in [0.5, 0.6) is 0 Å². The van der Waals surface area contributed by atoms with Crippen molar-refractivity contribution in [3.05, 3.63) is 51.6 Å². The summed E-state index contributed by atoms with van der Waals surface area (Å²) < 4.78 is 0. The van der Waals surface area contributed by atoms with E-state index in [4.69, 9.17) is 0 Å². The fourth-order valence-corrected chi connectivity index (χ4v) is 4.09. The standard InChI is InChI=1S/C13H8OS3/c14-13-6-4-10(17-13)8-9-3-5-12(16-9)11-2-1-7-15-11/h1-8H/b10-8-. The van der Waals surface area contributed by atoms with E-state index in [1.165, 1.54) is 26.4 Å². The van der Waals surface area contributed by atoms with Crippen LogP contribution < -0.4 is 0 Å². The van der Waals surface area contributed by atoms with Crippen LogP contribution in [-0.2, 0) is 4.79 Å². The zero-order valence-electron chi connectivity index (χ0n) is 8.75. The smallest absolute Gasteiger partial charge is 0.216 e. The van der Waals surface area contributed by atoms with E-state index in [2.05, 4.69) is 35.7 Å². The third-order valence-corrected chi connectivity index (χ3v) is 5.20. The Morgan fingerprint density at radius 3 is 2.71 bits per heavy atom. The third-order valence-electron chi connectivity index (χ3n) is 2.28. The first kappa shape index (κ1) is 11.0. The molecule has 4 heteroatoms. The van der Waals surface area contributed by atoms with Crippen LogP contribution in [0.4, 0.5) is 0 Å². The maximum atomic E-state index is 11.1. The average molecular weight is 276 g/mol. The number of thioether (sulfide) groups is 1. The number of carbonyl (C=O) groups excluding carboxylic acids is 1. The van der Waals surface area contributed by atoms with Crippen LogP contribution in [0.25, 0.3) is 15.8 Å². The van der Waals surface area contributed by atoms with Crippen molar-refractivity contribution in [1.82, 2.24) is 0 Å². The molecule has 0 saturated heterocycles. The van der Waals surface area contributed by atoms with Crippen LogP contribution in [-0.4, -0.2) is 5.12 Å². The summed E-state index contributed by atoms with van der Waals surface area (Å²) in [6.45, 7) is 0. The second-order valence-electron chi connectivity index (χ2n) is 3.48. The van der Waals surface area contributed by atoms with Gasteiger partial charge >= 0.3 is 0 Å². The van der Waals surface area contributed by atoms with Gasteiger partial charge in [0, 0.05) is 19.5 Å². The van der Waals surface area contributed by atoms with E-state index in [0.717, 1.165) is 4.91 Å². The lowest BCUT2D eigenvalue weighted by atomic mass is 10.3. The van der Waals surface area contributed by atoms with E-state index in [1.807, 2.05) is 6.08 Å². The molecule has 1 nitrogen and oxygen atoms in total. The predicted molar refractivity (Wildman–Crippen MR) is 77.3 cm³/mol. The fourth-order valence-electron chi connectivity index (χ4n) is 1.53. The molecule has 0 atom stereocenters. The molecule has 0 N–H and O–H groups in total. The summed E-state index contributed by atoms with van der Waals surface area (Å²) in [5.74, 6) is 0. The van der Waals surface area contributed by atoms with Crippen LogP contribution in [0.3, 0.4) is 0 Å². The Labute approximate surface area is 111 Å². The molecule has 2 aromatic rings. The molecule has 17 heavy (non-hydrogen) atoms. The molecule has 3 rings (SSSR count). The maximum absolute atomic E-state index is 11.1. The number of hydrogen-bond donors (Lipinski definition) is 0. The quantitative estimate of drug-likeness (QED) is 0.794. The van der Waals surface area contributed by atoms with Gasteiger partial charge in [-0.25, -0.2) is 0 Å². The zero-order chi connectivity index (χ0) is 11.7. The molecular weight excluding hydrogens is 268 g/mol. The van der Waals surface area contributed by atoms with Crippen molar-refractivity contribution in [3.63, 3.8) is 0 Å². The summed E-state index contributed by atoms with van der Waals surface area (Å²) in [6.07, 6.45) is 5.55. The van der Waals surface area contributed by atoms with Gasteiger partial charge in [-0.05, 0) is 53.6 Å². The molecule has 84 valence electrons. The minimum absolute atomic E-state index is 0.117. The molecular formula is C13H8OS3. The second kappa shape index (κ2) is 4.64. The maximum Gasteiger partial charge on any atom is 0.216 e. The zero-order valence-corrected chi connectivity index (χ0v) is 11.2. The molecule has 0 unspecified atom stereocenters. The average Bonchev–Trinajstić information content (AvgIpc) is 3.00. The van der Waals surface area contributed by atoms with Crippen molar-refractivity contribution in [2.45, 2.75) is 0 Å². The Bertz CT molecular complexity index is 602. The van der Waals surface area contributed by atoms with Crippen molar-refractivity contribution in [3.8, 4) is 9.75 Å². The van der Waals surface area contributed by atoms with Crippen molar-refractivity contribution in [2.24, 2.45) is 0 Å². The van der Waals surface area contributed by atoms with Crippen LogP contribution in [0, 0.1) is 0 Å². The van der Waals surface area contributed by atoms with Crippen LogP contribution >= 0.6 is 34.4 Å². The molecule has 0 fully saturated rings. The molecule has 1 aliphatic heterocycles. The van der Waals surface area contributed by atoms with Gasteiger partial charge in [0.05, 0.1) is 0 Å². The SMILES string of the molecule is O=C1C=C/C(=C/c2ccc(-c3cccs3)s2)S1. The Morgan fingerprint density at radius 1 is 1.06 bits per heavy atom. The summed E-state index contributed by atoms with van der Waals surface area (Å²) in [5.41, 5.74) is 0. The minimum atomic E-state index is 0.117. The number of thiophene rings is 2. The lowest BCUT2D eigenvalue weighted by Gasteiger charge is -1.90. The Morgan fingerprint density at radius 2 is 2.00 bits per heavy atom. The van der Waals surface area contributed by atoms with Gasteiger partial charge in [0.15, 0.2) is 0 Å². The molecule has 2 aromatic heterocycles. The summed E-state index contributed by atoms with van der Waals surface area (Å²) in [6, 6.07) is 8.42. The monoisotopic (exact) mass is 276 g/mol. The number of allylic oxidation sites excluding steroid dienone is 1.